The molecule has 0 aliphatic carbocycles. The number of methoxy groups -OCH3 is 2. The number of benzene rings is 2. The van der Waals surface area contributed by atoms with E-state index in [1.807, 2.05) is 18.2 Å². The molecular formula is C26H34N4O5S2. The van der Waals surface area contributed by atoms with Crippen molar-refractivity contribution >= 4 is 42.6 Å². The van der Waals surface area contributed by atoms with Crippen molar-refractivity contribution < 1.29 is 22.7 Å². The molecule has 4 rings (SSSR count). The van der Waals surface area contributed by atoms with Crippen molar-refractivity contribution in [3.05, 3.63) is 42.5 Å². The van der Waals surface area contributed by atoms with Gasteiger partial charge in [-0.05, 0) is 68.4 Å². The maximum Gasteiger partial charge on any atom is 0.247 e. The second kappa shape index (κ2) is 11.8. The Morgan fingerprint density at radius 3 is 2.38 bits per heavy atom. The molecule has 2 heterocycles. The average molecular weight is 547 g/mol. The van der Waals surface area contributed by atoms with Gasteiger partial charge in [0.2, 0.25) is 15.9 Å². The van der Waals surface area contributed by atoms with Crippen LogP contribution in [0.15, 0.2) is 47.4 Å². The summed E-state index contributed by atoms with van der Waals surface area (Å²) in [6.07, 6.45) is 1.08. The Kier molecular flexibility index (Phi) is 8.68. The summed E-state index contributed by atoms with van der Waals surface area (Å²) in [5, 5.41) is 0.564. The van der Waals surface area contributed by atoms with Crippen LogP contribution in [0.3, 0.4) is 0 Å². The number of sulfonamides is 1. The van der Waals surface area contributed by atoms with E-state index in [1.165, 1.54) is 34.9 Å². The van der Waals surface area contributed by atoms with Gasteiger partial charge in [-0.2, -0.15) is 4.31 Å². The van der Waals surface area contributed by atoms with Gasteiger partial charge in [0.1, 0.15) is 17.5 Å². The molecule has 1 unspecified atom stereocenters. The van der Waals surface area contributed by atoms with Gasteiger partial charge < -0.3 is 14.4 Å². The fraction of sp³-hybridized carbons (Fsp3) is 0.462. The number of hydrogen-bond donors (Lipinski definition) is 0. The number of likely N-dealkylation sites (N-methyl/N-ethyl adjacent to an activating group) is 1. The first-order valence-electron chi connectivity index (χ1n) is 12.5. The first kappa shape index (κ1) is 27.3. The van der Waals surface area contributed by atoms with Gasteiger partial charge in [0.25, 0.3) is 0 Å². The number of rotatable bonds is 11. The van der Waals surface area contributed by atoms with Crippen molar-refractivity contribution in [1.82, 2.24) is 14.2 Å². The molecule has 1 fully saturated rings. The van der Waals surface area contributed by atoms with Crippen molar-refractivity contribution in [2.75, 3.05) is 51.8 Å². The summed E-state index contributed by atoms with van der Waals surface area (Å²) < 4.78 is 39.9. The standard InChI is InChI=1S/C26H34N4O5S2/c1-5-28(6-2)16-17-29(26-27-22-14-11-20(35-4)18-24(22)36-26)25(31)23-8-7-15-30(23)37(32,33)21-12-9-19(34-3)10-13-21/h9-14,18,23H,5-8,15-17H2,1-4H3. The minimum Gasteiger partial charge on any atom is -0.497 e. The molecule has 1 amide bonds. The maximum atomic E-state index is 14.0. The van der Waals surface area contributed by atoms with Gasteiger partial charge in [0, 0.05) is 19.6 Å². The molecule has 1 aliphatic rings. The average Bonchev–Trinajstić information content (AvgIpc) is 3.58. The van der Waals surface area contributed by atoms with Crippen LogP contribution in [-0.4, -0.2) is 81.5 Å². The smallest absolute Gasteiger partial charge is 0.247 e. The number of fused-ring (bicyclic) bond motifs is 1. The molecule has 0 N–H and O–H groups in total. The first-order valence-corrected chi connectivity index (χ1v) is 14.7. The summed E-state index contributed by atoms with van der Waals surface area (Å²) in [7, 11) is -0.718. The van der Waals surface area contributed by atoms with E-state index in [9.17, 15) is 13.2 Å². The van der Waals surface area contributed by atoms with Gasteiger partial charge in [-0.15, -0.1) is 0 Å². The summed E-state index contributed by atoms with van der Waals surface area (Å²) in [6.45, 7) is 7.26. The molecule has 1 saturated heterocycles. The molecule has 1 atom stereocenters. The van der Waals surface area contributed by atoms with E-state index in [-0.39, 0.29) is 10.8 Å². The Balaban J connectivity index is 1.66. The highest BCUT2D eigenvalue weighted by Gasteiger charge is 2.42. The van der Waals surface area contributed by atoms with Crippen LogP contribution in [0.1, 0.15) is 26.7 Å². The van der Waals surface area contributed by atoms with Crippen LogP contribution in [0.25, 0.3) is 10.2 Å². The van der Waals surface area contributed by atoms with Gasteiger partial charge in [0.05, 0.1) is 29.3 Å². The normalized spacial score (nSPS) is 16.4. The molecule has 3 aromatic rings. The zero-order chi connectivity index (χ0) is 26.6. The van der Waals surface area contributed by atoms with E-state index in [2.05, 4.69) is 18.7 Å². The van der Waals surface area contributed by atoms with E-state index in [0.717, 1.165) is 29.1 Å². The van der Waals surface area contributed by atoms with Crippen LogP contribution >= 0.6 is 11.3 Å². The van der Waals surface area contributed by atoms with Gasteiger partial charge in [0.15, 0.2) is 5.13 Å². The van der Waals surface area contributed by atoms with Crippen molar-refractivity contribution in [2.24, 2.45) is 0 Å². The summed E-state index contributed by atoms with van der Waals surface area (Å²) in [4.78, 5) is 22.8. The number of carbonyl (C=O) groups is 1. The van der Waals surface area contributed by atoms with Crippen LogP contribution in [0.5, 0.6) is 11.5 Å². The first-order chi connectivity index (χ1) is 17.8. The maximum absolute atomic E-state index is 14.0. The lowest BCUT2D eigenvalue weighted by Crippen LogP contribution is -2.49. The van der Waals surface area contributed by atoms with E-state index < -0.39 is 16.1 Å². The van der Waals surface area contributed by atoms with Crippen molar-refractivity contribution in [3.8, 4) is 11.5 Å². The van der Waals surface area contributed by atoms with Crippen LogP contribution in [-0.2, 0) is 14.8 Å². The monoisotopic (exact) mass is 546 g/mol. The van der Waals surface area contributed by atoms with E-state index in [4.69, 9.17) is 14.5 Å². The van der Waals surface area contributed by atoms with E-state index in [0.29, 0.717) is 43.4 Å². The van der Waals surface area contributed by atoms with Crippen molar-refractivity contribution in [1.29, 1.82) is 0 Å². The predicted molar refractivity (Wildman–Crippen MR) is 146 cm³/mol. The Bertz CT molecular complexity index is 1320. The molecular weight excluding hydrogens is 512 g/mol. The third kappa shape index (κ3) is 5.74. The topological polar surface area (TPSA) is 92.3 Å². The summed E-state index contributed by atoms with van der Waals surface area (Å²) in [5.41, 5.74) is 0.774. The second-order valence-electron chi connectivity index (χ2n) is 8.80. The fourth-order valence-corrected chi connectivity index (χ4v) is 7.23. The lowest BCUT2D eigenvalue weighted by atomic mass is 10.2. The highest BCUT2D eigenvalue weighted by atomic mass is 32.2. The molecule has 0 spiro atoms. The molecule has 1 aromatic heterocycles. The number of anilines is 1. The van der Waals surface area contributed by atoms with Crippen molar-refractivity contribution in [3.63, 3.8) is 0 Å². The van der Waals surface area contributed by atoms with Gasteiger partial charge in [-0.25, -0.2) is 13.4 Å². The molecule has 0 bridgehead atoms. The number of aromatic nitrogens is 1. The van der Waals surface area contributed by atoms with Crippen LogP contribution < -0.4 is 14.4 Å². The molecule has 37 heavy (non-hydrogen) atoms. The van der Waals surface area contributed by atoms with Gasteiger partial charge in [-0.1, -0.05) is 25.2 Å². The molecule has 11 heteroatoms. The number of carbonyl (C=O) groups excluding carboxylic acids is 1. The Labute approximate surface area is 222 Å². The van der Waals surface area contributed by atoms with Crippen molar-refractivity contribution in [2.45, 2.75) is 37.6 Å². The van der Waals surface area contributed by atoms with Gasteiger partial charge in [-0.3, -0.25) is 9.69 Å². The van der Waals surface area contributed by atoms with E-state index in [1.54, 1.807) is 24.1 Å². The number of ether oxygens (including phenoxy) is 2. The Morgan fingerprint density at radius 1 is 1.05 bits per heavy atom. The third-order valence-electron chi connectivity index (χ3n) is 6.77. The minimum absolute atomic E-state index is 0.148. The minimum atomic E-state index is -3.86. The zero-order valence-corrected chi connectivity index (χ0v) is 23.3. The fourth-order valence-electron chi connectivity index (χ4n) is 4.55. The lowest BCUT2D eigenvalue weighted by Gasteiger charge is -2.30. The second-order valence-corrected chi connectivity index (χ2v) is 11.7. The predicted octanol–water partition coefficient (Wildman–Crippen LogP) is 3.84. The zero-order valence-electron chi connectivity index (χ0n) is 21.7. The number of nitrogens with zero attached hydrogens (tertiary/aromatic N) is 4. The van der Waals surface area contributed by atoms with Gasteiger partial charge >= 0.3 is 0 Å². The quantitative estimate of drug-likeness (QED) is 0.361. The summed E-state index contributed by atoms with van der Waals surface area (Å²) in [5.74, 6) is 1.05. The molecule has 1 aliphatic heterocycles. The summed E-state index contributed by atoms with van der Waals surface area (Å²) >= 11 is 1.41. The van der Waals surface area contributed by atoms with Crippen LogP contribution in [0, 0.1) is 0 Å². The summed E-state index contributed by atoms with van der Waals surface area (Å²) in [6, 6.07) is 11.1. The molecule has 9 nitrogen and oxygen atoms in total. The molecule has 200 valence electrons. The number of hydrogen-bond acceptors (Lipinski definition) is 8. The van der Waals surface area contributed by atoms with E-state index >= 15 is 0 Å². The lowest BCUT2D eigenvalue weighted by molar-refractivity contribution is -0.121. The Morgan fingerprint density at radius 2 is 1.73 bits per heavy atom. The largest absolute Gasteiger partial charge is 0.497 e. The number of thiazole rings is 1. The third-order valence-corrected chi connectivity index (χ3v) is 9.73. The number of amides is 1. The molecule has 0 radical (unpaired) electrons. The Hall–Kier alpha value is -2.73. The van der Waals surface area contributed by atoms with Crippen LogP contribution in [0.4, 0.5) is 5.13 Å². The highest BCUT2D eigenvalue weighted by molar-refractivity contribution is 7.89. The molecule has 0 saturated carbocycles. The SMILES string of the molecule is CCN(CC)CCN(C(=O)C1CCCN1S(=O)(=O)c1ccc(OC)cc1)c1nc2ccc(OC)cc2s1. The molecule has 2 aromatic carbocycles. The van der Waals surface area contributed by atoms with Crippen LogP contribution in [0.2, 0.25) is 0 Å². The highest BCUT2D eigenvalue weighted by Crippen LogP contribution is 2.34.